The molecule has 3 aromatic rings. The minimum atomic E-state index is -4.38. The highest BCUT2D eigenvalue weighted by molar-refractivity contribution is 5.68. The molecule has 174 valence electrons. The van der Waals surface area contributed by atoms with Crippen LogP contribution in [0.3, 0.4) is 0 Å². The highest BCUT2D eigenvalue weighted by Crippen LogP contribution is 2.29. The van der Waals surface area contributed by atoms with Crippen LogP contribution in [0.2, 0.25) is 0 Å². The predicted molar refractivity (Wildman–Crippen MR) is 117 cm³/mol. The van der Waals surface area contributed by atoms with E-state index in [0.29, 0.717) is 36.8 Å². The lowest BCUT2D eigenvalue weighted by molar-refractivity contribution is -0.139. The second-order valence-electron chi connectivity index (χ2n) is 7.44. The molecule has 0 spiro atoms. The van der Waals surface area contributed by atoms with E-state index in [2.05, 4.69) is 9.97 Å². The van der Waals surface area contributed by atoms with Gasteiger partial charge in [-0.2, -0.15) is 13.2 Å². The molecule has 0 bridgehead atoms. The van der Waals surface area contributed by atoms with Gasteiger partial charge in [0.05, 0.1) is 5.56 Å². The first-order valence-corrected chi connectivity index (χ1v) is 10.4. The van der Waals surface area contributed by atoms with Crippen LogP contribution in [0.25, 0.3) is 0 Å². The molecule has 0 fully saturated rings. The number of nitrogens with zero attached hydrogens (tertiary/aromatic N) is 3. The molecule has 2 aromatic carbocycles. The molecule has 1 heterocycles. The summed E-state index contributed by atoms with van der Waals surface area (Å²) < 4.78 is 43.8. The molecule has 3 rings (SSSR count). The lowest BCUT2D eigenvalue weighted by Gasteiger charge is -2.23. The third kappa shape index (κ3) is 7.20. The smallest absolute Gasteiger partial charge is 0.416 e. The minimum absolute atomic E-state index is 0.351. The van der Waals surface area contributed by atoms with Crippen molar-refractivity contribution in [3.05, 3.63) is 83.2 Å². The van der Waals surface area contributed by atoms with Crippen molar-refractivity contribution in [1.29, 1.82) is 0 Å². The molecular weight excluding hydrogens is 435 g/mol. The molecule has 6 nitrogen and oxygen atoms in total. The number of aryl methyl sites for hydroxylation is 1. The number of anilines is 1. The number of aliphatic carboxylic acids is 1. The zero-order valence-electron chi connectivity index (χ0n) is 18.0. The van der Waals surface area contributed by atoms with Gasteiger partial charge in [-0.25, -0.2) is 14.8 Å². The van der Waals surface area contributed by atoms with Gasteiger partial charge in [0, 0.05) is 25.5 Å². The van der Waals surface area contributed by atoms with E-state index >= 15 is 0 Å². The Kier molecular flexibility index (Phi) is 7.87. The number of aromatic nitrogens is 2. The molecule has 0 unspecified atom stereocenters. The topological polar surface area (TPSA) is 75.6 Å². The SMILES string of the molecule is CCc1cnc(N(CCc2ccc(OCC(=O)O)cc2)Cc2ccc(C(F)(F)F)cc2)nc1. The average molecular weight is 459 g/mol. The molecule has 9 heteroatoms. The fourth-order valence-corrected chi connectivity index (χ4v) is 3.12. The van der Waals surface area contributed by atoms with Gasteiger partial charge in [-0.05, 0) is 53.8 Å². The third-order valence-electron chi connectivity index (χ3n) is 4.99. The molecule has 0 amide bonds. The lowest BCUT2D eigenvalue weighted by Crippen LogP contribution is -2.27. The Bertz CT molecular complexity index is 1040. The van der Waals surface area contributed by atoms with Gasteiger partial charge in [-0.1, -0.05) is 31.2 Å². The van der Waals surface area contributed by atoms with E-state index in [1.807, 2.05) is 24.0 Å². The molecule has 0 atom stereocenters. The van der Waals surface area contributed by atoms with E-state index in [9.17, 15) is 18.0 Å². The van der Waals surface area contributed by atoms with Crippen LogP contribution >= 0.6 is 0 Å². The maximum Gasteiger partial charge on any atom is 0.416 e. The molecule has 0 saturated carbocycles. The summed E-state index contributed by atoms with van der Waals surface area (Å²) in [5, 5.41) is 8.69. The Labute approximate surface area is 189 Å². The van der Waals surface area contributed by atoms with E-state index in [0.717, 1.165) is 29.7 Å². The van der Waals surface area contributed by atoms with Crippen LogP contribution in [0.15, 0.2) is 60.9 Å². The number of carboxylic acids is 1. The zero-order valence-corrected chi connectivity index (χ0v) is 18.0. The fraction of sp³-hybridized carbons (Fsp3) is 0.292. The number of alkyl halides is 3. The number of carbonyl (C=O) groups is 1. The van der Waals surface area contributed by atoms with Gasteiger partial charge < -0.3 is 14.7 Å². The summed E-state index contributed by atoms with van der Waals surface area (Å²) in [6.07, 6.45) is 0.541. The summed E-state index contributed by atoms with van der Waals surface area (Å²) in [4.78, 5) is 21.4. The van der Waals surface area contributed by atoms with Crippen molar-refractivity contribution in [3.63, 3.8) is 0 Å². The van der Waals surface area contributed by atoms with Crippen LogP contribution in [-0.4, -0.2) is 34.2 Å². The summed E-state index contributed by atoms with van der Waals surface area (Å²) in [7, 11) is 0. The van der Waals surface area contributed by atoms with Crippen LogP contribution in [0.5, 0.6) is 5.75 Å². The monoisotopic (exact) mass is 459 g/mol. The summed E-state index contributed by atoms with van der Waals surface area (Å²) >= 11 is 0. The minimum Gasteiger partial charge on any atom is -0.482 e. The molecule has 0 aliphatic heterocycles. The molecule has 33 heavy (non-hydrogen) atoms. The van der Waals surface area contributed by atoms with Gasteiger partial charge in [0.2, 0.25) is 5.95 Å². The maximum absolute atomic E-state index is 12.9. The average Bonchev–Trinajstić information content (AvgIpc) is 2.81. The molecule has 1 N–H and O–H groups in total. The Balaban J connectivity index is 1.72. The highest BCUT2D eigenvalue weighted by Gasteiger charge is 2.30. The Hall–Kier alpha value is -3.62. The van der Waals surface area contributed by atoms with Gasteiger partial charge >= 0.3 is 12.1 Å². The standard InChI is InChI=1S/C24H24F3N3O3/c1-2-17-13-28-23(29-14-17)30(15-19-3-7-20(8-4-19)24(25,26)27)12-11-18-5-9-21(10-6-18)33-16-22(31)32/h3-10,13-14H,2,11-12,15-16H2,1H3,(H,31,32). The Morgan fingerprint density at radius 2 is 1.58 bits per heavy atom. The van der Waals surface area contributed by atoms with Crippen LogP contribution in [0.1, 0.15) is 29.2 Å². The molecular formula is C24H24F3N3O3. The van der Waals surface area contributed by atoms with Crippen LogP contribution in [0, 0.1) is 0 Å². The van der Waals surface area contributed by atoms with E-state index in [4.69, 9.17) is 9.84 Å². The Morgan fingerprint density at radius 1 is 0.970 bits per heavy atom. The first-order chi connectivity index (χ1) is 15.7. The first-order valence-electron chi connectivity index (χ1n) is 10.4. The normalized spacial score (nSPS) is 11.3. The van der Waals surface area contributed by atoms with Gasteiger partial charge in [-0.15, -0.1) is 0 Å². The van der Waals surface area contributed by atoms with Gasteiger partial charge in [0.1, 0.15) is 5.75 Å². The maximum atomic E-state index is 12.9. The molecule has 0 aliphatic rings. The van der Waals surface area contributed by atoms with Crippen molar-refractivity contribution >= 4 is 11.9 Å². The summed E-state index contributed by atoms with van der Waals surface area (Å²) in [5.41, 5.74) is 2.00. The van der Waals surface area contributed by atoms with E-state index in [1.165, 1.54) is 12.1 Å². The third-order valence-corrected chi connectivity index (χ3v) is 4.99. The van der Waals surface area contributed by atoms with Gasteiger partial charge in [-0.3, -0.25) is 0 Å². The number of hydrogen-bond donors (Lipinski definition) is 1. The second kappa shape index (κ2) is 10.8. The van der Waals surface area contributed by atoms with Crippen molar-refractivity contribution in [2.75, 3.05) is 18.1 Å². The van der Waals surface area contributed by atoms with Crippen molar-refractivity contribution in [2.24, 2.45) is 0 Å². The number of benzene rings is 2. The number of ether oxygens (including phenoxy) is 1. The predicted octanol–water partition coefficient (Wildman–Crippen LogP) is 4.77. The Morgan fingerprint density at radius 3 is 2.12 bits per heavy atom. The summed E-state index contributed by atoms with van der Waals surface area (Å²) in [6, 6.07) is 12.2. The lowest BCUT2D eigenvalue weighted by atomic mass is 10.1. The van der Waals surface area contributed by atoms with Gasteiger partial charge in [0.15, 0.2) is 6.61 Å². The summed E-state index contributed by atoms with van der Waals surface area (Å²) in [5.74, 6) is -0.0955. The number of carboxylic acid groups (broad SMARTS) is 1. The number of halogens is 3. The van der Waals surface area contributed by atoms with Crippen molar-refractivity contribution in [2.45, 2.75) is 32.5 Å². The van der Waals surface area contributed by atoms with Gasteiger partial charge in [0.25, 0.3) is 0 Å². The largest absolute Gasteiger partial charge is 0.482 e. The summed E-state index contributed by atoms with van der Waals surface area (Å²) in [6.45, 7) is 2.47. The highest BCUT2D eigenvalue weighted by atomic mass is 19.4. The van der Waals surface area contributed by atoms with Crippen LogP contribution in [0.4, 0.5) is 19.1 Å². The quantitative estimate of drug-likeness (QED) is 0.471. The van der Waals surface area contributed by atoms with E-state index < -0.39 is 24.3 Å². The van der Waals surface area contributed by atoms with Crippen LogP contribution < -0.4 is 9.64 Å². The van der Waals surface area contributed by atoms with Crippen molar-refractivity contribution in [1.82, 2.24) is 9.97 Å². The first kappa shape index (κ1) is 24.0. The fourth-order valence-electron chi connectivity index (χ4n) is 3.12. The number of rotatable bonds is 10. The molecule has 1 aromatic heterocycles. The molecule has 0 radical (unpaired) electrons. The van der Waals surface area contributed by atoms with E-state index in [-0.39, 0.29) is 0 Å². The number of hydrogen-bond acceptors (Lipinski definition) is 5. The van der Waals surface area contributed by atoms with Crippen molar-refractivity contribution < 1.29 is 27.8 Å². The van der Waals surface area contributed by atoms with Crippen LogP contribution in [-0.2, 0) is 30.4 Å². The van der Waals surface area contributed by atoms with E-state index in [1.54, 1.807) is 24.5 Å². The molecule has 0 saturated heterocycles. The van der Waals surface area contributed by atoms with Crippen molar-refractivity contribution in [3.8, 4) is 5.75 Å². The zero-order chi connectivity index (χ0) is 23.8. The molecule has 0 aliphatic carbocycles. The second-order valence-corrected chi connectivity index (χ2v) is 7.44.